The standard InChI is InChI=1S/C22H26ClNO2S/c1-22(2,3)26-21(25)24-14-12-16(13-15-24)19-6-4-5-7-20(19)27-18-10-8-17(23)9-11-18/h4-11,16H,12-15H2,1-3H3. The first-order valence-corrected chi connectivity index (χ1v) is 10.5. The number of piperidine rings is 1. The number of hydrogen-bond donors (Lipinski definition) is 0. The molecule has 0 N–H and O–H groups in total. The number of carbonyl (C=O) groups excluding carboxylic acids is 1. The summed E-state index contributed by atoms with van der Waals surface area (Å²) in [5.41, 5.74) is 0.914. The van der Waals surface area contributed by atoms with E-state index in [4.69, 9.17) is 16.3 Å². The van der Waals surface area contributed by atoms with Gasteiger partial charge in [-0.15, -0.1) is 0 Å². The Morgan fingerprint density at radius 2 is 1.70 bits per heavy atom. The summed E-state index contributed by atoms with van der Waals surface area (Å²) in [6, 6.07) is 16.5. The topological polar surface area (TPSA) is 29.5 Å². The van der Waals surface area contributed by atoms with Crippen molar-refractivity contribution in [2.24, 2.45) is 0 Å². The van der Waals surface area contributed by atoms with E-state index >= 15 is 0 Å². The third-order valence-corrected chi connectivity index (χ3v) is 5.90. The molecule has 3 nitrogen and oxygen atoms in total. The highest BCUT2D eigenvalue weighted by molar-refractivity contribution is 7.99. The summed E-state index contributed by atoms with van der Waals surface area (Å²) >= 11 is 7.76. The molecule has 2 aromatic carbocycles. The van der Waals surface area contributed by atoms with Gasteiger partial charge in [0.05, 0.1) is 0 Å². The lowest BCUT2D eigenvalue weighted by Gasteiger charge is -2.34. The Bertz CT molecular complexity index is 778. The molecule has 0 spiro atoms. The molecule has 1 amide bonds. The normalized spacial score (nSPS) is 15.6. The van der Waals surface area contributed by atoms with E-state index < -0.39 is 5.60 Å². The number of rotatable bonds is 3. The Hall–Kier alpha value is -1.65. The third kappa shape index (κ3) is 5.66. The summed E-state index contributed by atoms with van der Waals surface area (Å²) in [5, 5.41) is 0.752. The smallest absolute Gasteiger partial charge is 0.410 e. The van der Waals surface area contributed by atoms with Gasteiger partial charge in [0.15, 0.2) is 0 Å². The SMILES string of the molecule is CC(C)(C)OC(=O)N1CCC(c2ccccc2Sc2ccc(Cl)cc2)CC1. The first-order chi connectivity index (χ1) is 12.8. The predicted octanol–water partition coefficient (Wildman–Crippen LogP) is 6.61. The summed E-state index contributed by atoms with van der Waals surface area (Å²) in [6.07, 6.45) is 1.71. The van der Waals surface area contributed by atoms with Crippen LogP contribution in [0.15, 0.2) is 58.3 Å². The van der Waals surface area contributed by atoms with Gasteiger partial charge in [-0.3, -0.25) is 0 Å². The molecule has 0 aromatic heterocycles. The number of likely N-dealkylation sites (tertiary alicyclic amines) is 1. The van der Waals surface area contributed by atoms with Gasteiger partial charge in [-0.05, 0) is 75.4 Å². The molecule has 0 radical (unpaired) electrons. The maximum atomic E-state index is 12.3. The zero-order valence-electron chi connectivity index (χ0n) is 16.1. The maximum Gasteiger partial charge on any atom is 0.410 e. The summed E-state index contributed by atoms with van der Waals surface area (Å²) in [5.74, 6) is 0.458. The highest BCUT2D eigenvalue weighted by Crippen LogP contribution is 2.38. The fourth-order valence-corrected chi connectivity index (χ4v) is 4.39. The Labute approximate surface area is 171 Å². The molecule has 0 aliphatic carbocycles. The Morgan fingerprint density at radius 1 is 1.07 bits per heavy atom. The minimum Gasteiger partial charge on any atom is -0.444 e. The average molecular weight is 404 g/mol. The average Bonchev–Trinajstić information content (AvgIpc) is 2.63. The molecule has 1 heterocycles. The van der Waals surface area contributed by atoms with Crippen LogP contribution in [-0.4, -0.2) is 29.7 Å². The van der Waals surface area contributed by atoms with E-state index in [0.29, 0.717) is 5.92 Å². The van der Waals surface area contributed by atoms with E-state index in [1.165, 1.54) is 15.4 Å². The second-order valence-corrected chi connectivity index (χ2v) is 9.39. The Kier molecular flexibility index (Phi) is 6.38. The van der Waals surface area contributed by atoms with Gasteiger partial charge in [0, 0.05) is 27.9 Å². The van der Waals surface area contributed by atoms with Gasteiger partial charge in [-0.1, -0.05) is 41.6 Å². The van der Waals surface area contributed by atoms with Crippen molar-refractivity contribution >= 4 is 29.5 Å². The number of nitrogens with zero attached hydrogens (tertiary/aromatic N) is 1. The molecule has 144 valence electrons. The third-order valence-electron chi connectivity index (χ3n) is 4.55. The van der Waals surface area contributed by atoms with Gasteiger partial charge >= 0.3 is 6.09 Å². The zero-order chi connectivity index (χ0) is 19.4. The van der Waals surface area contributed by atoms with Crippen molar-refractivity contribution in [2.75, 3.05) is 13.1 Å². The lowest BCUT2D eigenvalue weighted by atomic mass is 9.89. The van der Waals surface area contributed by atoms with E-state index in [9.17, 15) is 4.79 Å². The van der Waals surface area contributed by atoms with Gasteiger partial charge in [0.25, 0.3) is 0 Å². The lowest BCUT2D eigenvalue weighted by Crippen LogP contribution is -2.41. The van der Waals surface area contributed by atoms with Gasteiger partial charge in [0.1, 0.15) is 5.60 Å². The summed E-state index contributed by atoms with van der Waals surface area (Å²) < 4.78 is 5.50. The van der Waals surface area contributed by atoms with Crippen molar-refractivity contribution in [1.29, 1.82) is 0 Å². The van der Waals surface area contributed by atoms with Crippen LogP contribution in [0.4, 0.5) is 4.79 Å². The van der Waals surface area contributed by atoms with Crippen molar-refractivity contribution in [3.63, 3.8) is 0 Å². The maximum absolute atomic E-state index is 12.3. The van der Waals surface area contributed by atoms with Crippen LogP contribution in [0.5, 0.6) is 0 Å². The summed E-state index contributed by atoms with van der Waals surface area (Å²) in [4.78, 5) is 16.6. The van der Waals surface area contributed by atoms with Crippen molar-refractivity contribution in [2.45, 2.75) is 54.9 Å². The van der Waals surface area contributed by atoms with Crippen LogP contribution in [0.3, 0.4) is 0 Å². The van der Waals surface area contributed by atoms with Crippen LogP contribution in [0, 0.1) is 0 Å². The number of halogens is 1. The van der Waals surface area contributed by atoms with E-state index in [-0.39, 0.29) is 6.09 Å². The number of carbonyl (C=O) groups is 1. The molecule has 2 aromatic rings. The van der Waals surface area contributed by atoms with Crippen molar-refractivity contribution in [3.8, 4) is 0 Å². The Balaban J connectivity index is 1.66. The molecule has 1 fully saturated rings. The Morgan fingerprint density at radius 3 is 2.33 bits per heavy atom. The highest BCUT2D eigenvalue weighted by atomic mass is 35.5. The second kappa shape index (κ2) is 8.57. The van der Waals surface area contributed by atoms with Crippen LogP contribution >= 0.6 is 23.4 Å². The van der Waals surface area contributed by atoms with Gasteiger partial charge in [0.2, 0.25) is 0 Å². The molecule has 0 bridgehead atoms. The quantitative estimate of drug-likeness (QED) is 0.577. The van der Waals surface area contributed by atoms with Crippen molar-refractivity contribution in [1.82, 2.24) is 4.90 Å². The second-order valence-electron chi connectivity index (χ2n) is 7.84. The molecule has 0 atom stereocenters. The molecule has 5 heteroatoms. The van der Waals surface area contributed by atoms with Crippen molar-refractivity contribution in [3.05, 3.63) is 59.1 Å². The molecule has 0 unspecified atom stereocenters. The molecule has 3 rings (SSSR count). The minimum absolute atomic E-state index is 0.204. The molecular formula is C22H26ClNO2S. The van der Waals surface area contributed by atoms with Crippen LogP contribution in [0.25, 0.3) is 0 Å². The van der Waals surface area contributed by atoms with Gasteiger partial charge in [-0.25, -0.2) is 4.79 Å². The minimum atomic E-state index is -0.449. The highest BCUT2D eigenvalue weighted by Gasteiger charge is 2.28. The first-order valence-electron chi connectivity index (χ1n) is 9.32. The molecule has 1 saturated heterocycles. The van der Waals surface area contributed by atoms with E-state index in [1.807, 2.05) is 37.8 Å². The van der Waals surface area contributed by atoms with Crippen LogP contribution in [0.2, 0.25) is 5.02 Å². The van der Waals surface area contributed by atoms with E-state index in [2.05, 4.69) is 36.4 Å². The fourth-order valence-electron chi connectivity index (χ4n) is 3.24. The monoisotopic (exact) mass is 403 g/mol. The van der Waals surface area contributed by atoms with Gasteiger partial charge < -0.3 is 9.64 Å². The lowest BCUT2D eigenvalue weighted by molar-refractivity contribution is 0.0204. The zero-order valence-corrected chi connectivity index (χ0v) is 17.6. The summed E-state index contributed by atoms with van der Waals surface area (Å²) in [7, 11) is 0. The van der Waals surface area contributed by atoms with E-state index in [0.717, 1.165) is 31.0 Å². The molecular weight excluding hydrogens is 378 g/mol. The van der Waals surface area contributed by atoms with Gasteiger partial charge in [-0.2, -0.15) is 0 Å². The summed E-state index contributed by atoms with van der Waals surface area (Å²) in [6.45, 7) is 7.19. The number of ether oxygens (including phenoxy) is 1. The largest absolute Gasteiger partial charge is 0.444 e. The predicted molar refractivity (Wildman–Crippen MR) is 112 cm³/mol. The molecule has 1 aliphatic heterocycles. The fraction of sp³-hybridized carbons (Fsp3) is 0.409. The number of amides is 1. The number of benzene rings is 2. The van der Waals surface area contributed by atoms with Crippen molar-refractivity contribution < 1.29 is 9.53 Å². The number of hydrogen-bond acceptors (Lipinski definition) is 3. The molecule has 1 aliphatic rings. The van der Waals surface area contributed by atoms with Crippen LogP contribution < -0.4 is 0 Å². The van der Waals surface area contributed by atoms with E-state index in [1.54, 1.807) is 11.8 Å². The van der Waals surface area contributed by atoms with Crippen LogP contribution in [0.1, 0.15) is 45.1 Å². The molecule has 0 saturated carbocycles. The van der Waals surface area contributed by atoms with Crippen LogP contribution in [-0.2, 0) is 4.74 Å². The first kappa shape index (κ1) is 20.1. The molecule has 27 heavy (non-hydrogen) atoms.